The number of likely N-dealkylation sites (tertiary alicyclic amines) is 1. The predicted molar refractivity (Wildman–Crippen MR) is 162 cm³/mol. The summed E-state index contributed by atoms with van der Waals surface area (Å²) in [5.41, 5.74) is 3.51. The van der Waals surface area contributed by atoms with Gasteiger partial charge in [0.05, 0.1) is 18.3 Å². The van der Waals surface area contributed by atoms with Gasteiger partial charge in [-0.2, -0.15) is 0 Å². The molecule has 2 fully saturated rings. The van der Waals surface area contributed by atoms with Crippen LogP contribution < -0.4 is 10.1 Å². The number of benzene rings is 1. The highest BCUT2D eigenvalue weighted by Gasteiger charge is 2.30. The van der Waals surface area contributed by atoms with Gasteiger partial charge in [0.1, 0.15) is 22.5 Å². The Kier molecular flexibility index (Phi) is 7.32. The summed E-state index contributed by atoms with van der Waals surface area (Å²) >= 11 is 0. The van der Waals surface area contributed by atoms with E-state index in [2.05, 4.69) is 33.5 Å². The number of ether oxygens (including phenoxy) is 2. The molecule has 4 aromatic rings. The molecule has 222 valence electrons. The normalized spacial score (nSPS) is 17.5. The highest BCUT2D eigenvalue weighted by Crippen LogP contribution is 2.38. The molecule has 0 spiro atoms. The van der Waals surface area contributed by atoms with Crippen LogP contribution in [-0.2, 0) is 17.8 Å². The van der Waals surface area contributed by atoms with E-state index in [-0.39, 0.29) is 11.9 Å². The predicted octanol–water partition coefficient (Wildman–Crippen LogP) is 5.62. The molecule has 10 nitrogen and oxygen atoms in total. The zero-order valence-electron chi connectivity index (χ0n) is 25.1. The van der Waals surface area contributed by atoms with Crippen LogP contribution in [0.5, 0.6) is 5.75 Å². The number of imidazole rings is 1. The van der Waals surface area contributed by atoms with Crippen molar-refractivity contribution in [3.05, 3.63) is 42.1 Å². The molecule has 0 bridgehead atoms. The highest BCUT2D eigenvalue weighted by atomic mass is 16.6. The van der Waals surface area contributed by atoms with E-state index >= 15 is 0 Å². The van der Waals surface area contributed by atoms with Crippen LogP contribution >= 0.6 is 0 Å². The van der Waals surface area contributed by atoms with E-state index in [0.29, 0.717) is 42.4 Å². The molecule has 1 saturated carbocycles. The molecule has 1 atom stereocenters. The number of nitrogens with zero attached hydrogens (tertiary/aromatic N) is 5. The third kappa shape index (κ3) is 5.54. The van der Waals surface area contributed by atoms with Crippen LogP contribution in [0, 0.1) is 5.92 Å². The average Bonchev–Trinajstić information content (AvgIpc) is 3.59. The molecule has 4 heterocycles. The first kappa shape index (κ1) is 28.1. The Hall–Kier alpha value is -4.08. The Morgan fingerprint density at radius 3 is 2.64 bits per heavy atom. The van der Waals surface area contributed by atoms with Crippen LogP contribution in [0.3, 0.4) is 0 Å². The van der Waals surface area contributed by atoms with Crippen LogP contribution in [-0.4, -0.2) is 67.8 Å². The van der Waals surface area contributed by atoms with Crippen molar-refractivity contribution in [1.82, 2.24) is 29.3 Å². The molecule has 1 N–H and O–H groups in total. The van der Waals surface area contributed by atoms with Gasteiger partial charge in [0, 0.05) is 49.4 Å². The molecule has 6 rings (SSSR count). The molecule has 1 saturated heterocycles. The summed E-state index contributed by atoms with van der Waals surface area (Å²) in [5.74, 6) is 2.01. The van der Waals surface area contributed by atoms with Crippen molar-refractivity contribution in [2.45, 2.75) is 78.1 Å². The number of nitrogens with one attached hydrogen (secondary N) is 1. The molecule has 3 aromatic heterocycles. The Morgan fingerprint density at radius 1 is 1.12 bits per heavy atom. The second-order valence-electron chi connectivity index (χ2n) is 12.5. The van der Waals surface area contributed by atoms with E-state index in [1.165, 1.54) is 12.8 Å². The van der Waals surface area contributed by atoms with Crippen molar-refractivity contribution < 1.29 is 19.1 Å². The Morgan fingerprint density at radius 2 is 1.93 bits per heavy atom. The minimum atomic E-state index is -0.580. The van der Waals surface area contributed by atoms with E-state index in [9.17, 15) is 9.59 Å². The molecule has 1 aromatic carbocycles. The van der Waals surface area contributed by atoms with Crippen LogP contribution in [0.2, 0.25) is 0 Å². The fourth-order valence-electron chi connectivity index (χ4n) is 5.96. The van der Waals surface area contributed by atoms with Crippen molar-refractivity contribution in [2.24, 2.45) is 5.92 Å². The summed E-state index contributed by atoms with van der Waals surface area (Å²) in [5, 5.41) is 4.02. The third-order valence-corrected chi connectivity index (χ3v) is 8.04. The first-order valence-electron chi connectivity index (χ1n) is 15.0. The number of alkyl carbamates (subject to hydrolysis) is 1. The Balaban J connectivity index is 1.34. The van der Waals surface area contributed by atoms with Crippen molar-refractivity contribution in [3.8, 4) is 17.3 Å². The number of amides is 2. The monoisotopic (exact) mass is 572 g/mol. The maximum Gasteiger partial charge on any atom is 0.407 e. The molecular weight excluding hydrogens is 532 g/mol. The lowest BCUT2D eigenvalue weighted by Crippen LogP contribution is -2.50. The van der Waals surface area contributed by atoms with Gasteiger partial charge in [-0.1, -0.05) is 0 Å². The van der Waals surface area contributed by atoms with Crippen molar-refractivity contribution in [2.75, 3.05) is 20.2 Å². The van der Waals surface area contributed by atoms with Crippen LogP contribution in [0.25, 0.3) is 33.6 Å². The van der Waals surface area contributed by atoms with Gasteiger partial charge in [-0.3, -0.25) is 4.79 Å². The number of carbonyl (C=O) groups is 2. The maximum absolute atomic E-state index is 13.8. The topological polar surface area (TPSA) is 104 Å². The number of fused-ring (bicyclic) bond motifs is 2. The highest BCUT2D eigenvalue weighted by molar-refractivity contribution is 6.00. The molecule has 0 radical (unpaired) electrons. The van der Waals surface area contributed by atoms with E-state index in [4.69, 9.17) is 19.4 Å². The quantitative estimate of drug-likeness (QED) is 0.308. The molecule has 1 unspecified atom stereocenters. The number of carbonyl (C=O) groups excluding carboxylic acids is 2. The first-order valence-corrected chi connectivity index (χ1v) is 15.0. The Labute approximate surface area is 246 Å². The van der Waals surface area contributed by atoms with Gasteiger partial charge >= 0.3 is 6.09 Å². The number of aromatic nitrogens is 4. The number of hydrogen-bond acceptors (Lipinski definition) is 6. The van der Waals surface area contributed by atoms with E-state index in [1.807, 2.05) is 45.2 Å². The summed E-state index contributed by atoms with van der Waals surface area (Å²) in [6.07, 6.45) is 5.43. The van der Waals surface area contributed by atoms with Crippen molar-refractivity contribution >= 4 is 34.1 Å². The van der Waals surface area contributed by atoms with E-state index < -0.39 is 11.7 Å². The fourth-order valence-corrected chi connectivity index (χ4v) is 5.96. The van der Waals surface area contributed by atoms with E-state index in [1.54, 1.807) is 12.0 Å². The van der Waals surface area contributed by atoms with Gasteiger partial charge in [0.25, 0.3) is 5.91 Å². The summed E-state index contributed by atoms with van der Waals surface area (Å²) in [7, 11) is 1.63. The van der Waals surface area contributed by atoms with E-state index in [0.717, 1.165) is 47.5 Å². The standard InChI is InChI=1S/C32H40N6O4/c1-6-37-27-24(35-29(37)25-16-21-9-7-13-33-28(21)38(25)18-20-11-12-20)15-22(17-26(27)41-5)30(39)36-14-8-10-23(19-36)34-31(40)42-32(2,3)4/h7,9,13,15-17,20,23H,6,8,10-12,14,18-19H2,1-5H3,(H,34,40). The van der Waals surface area contributed by atoms with Gasteiger partial charge < -0.3 is 28.8 Å². The Bertz CT molecular complexity index is 1640. The minimum Gasteiger partial charge on any atom is -0.494 e. The molecular formula is C32H40N6O4. The van der Waals surface area contributed by atoms with Crippen molar-refractivity contribution in [1.29, 1.82) is 0 Å². The molecule has 2 aliphatic rings. The van der Waals surface area contributed by atoms with Crippen LogP contribution in [0.15, 0.2) is 36.5 Å². The van der Waals surface area contributed by atoms with Crippen LogP contribution in [0.4, 0.5) is 4.79 Å². The average molecular weight is 573 g/mol. The number of pyridine rings is 1. The van der Waals surface area contributed by atoms with Gasteiger partial charge in [0.15, 0.2) is 5.82 Å². The number of methoxy groups -OCH3 is 1. The number of aryl methyl sites for hydroxylation is 1. The third-order valence-electron chi connectivity index (χ3n) is 8.04. The summed E-state index contributed by atoms with van der Waals surface area (Å²) in [6.45, 7) is 10.2. The lowest BCUT2D eigenvalue weighted by atomic mass is 10.0. The van der Waals surface area contributed by atoms with Gasteiger partial charge in [-0.25, -0.2) is 14.8 Å². The minimum absolute atomic E-state index is 0.106. The lowest BCUT2D eigenvalue weighted by Gasteiger charge is -2.33. The number of piperidine rings is 1. The maximum atomic E-state index is 13.8. The second kappa shape index (κ2) is 11.0. The summed E-state index contributed by atoms with van der Waals surface area (Å²) < 4.78 is 15.7. The zero-order chi connectivity index (χ0) is 29.6. The van der Waals surface area contributed by atoms with Crippen molar-refractivity contribution in [3.63, 3.8) is 0 Å². The molecule has 1 aliphatic heterocycles. The molecule has 2 amide bonds. The number of rotatable bonds is 7. The molecule has 10 heteroatoms. The summed E-state index contributed by atoms with van der Waals surface area (Å²) in [6, 6.07) is 9.74. The SMILES string of the molecule is CCn1c(-c2cc3cccnc3n2CC2CC2)nc2cc(C(=O)N3CCCC(NC(=O)OC(C)(C)C)C3)cc(OC)c21. The van der Waals surface area contributed by atoms with Gasteiger partial charge in [0.2, 0.25) is 0 Å². The van der Waals surface area contributed by atoms with Crippen LogP contribution in [0.1, 0.15) is 63.7 Å². The second-order valence-corrected chi connectivity index (χ2v) is 12.5. The van der Waals surface area contributed by atoms with Gasteiger partial charge in [-0.15, -0.1) is 0 Å². The zero-order valence-corrected chi connectivity index (χ0v) is 25.1. The summed E-state index contributed by atoms with van der Waals surface area (Å²) in [4.78, 5) is 37.7. The van der Waals surface area contributed by atoms with Gasteiger partial charge in [-0.05, 0) is 89.6 Å². The first-order chi connectivity index (χ1) is 20.1. The fraction of sp³-hybridized carbons (Fsp3) is 0.500. The smallest absolute Gasteiger partial charge is 0.407 e. The lowest BCUT2D eigenvalue weighted by molar-refractivity contribution is 0.0452. The molecule has 1 aliphatic carbocycles. The molecule has 42 heavy (non-hydrogen) atoms. The number of hydrogen-bond donors (Lipinski definition) is 1. The largest absolute Gasteiger partial charge is 0.494 e.